The van der Waals surface area contributed by atoms with E-state index in [0.717, 1.165) is 51.0 Å². The fourth-order valence-corrected chi connectivity index (χ4v) is 3.45. The summed E-state index contributed by atoms with van der Waals surface area (Å²) in [5, 5.41) is 0. The van der Waals surface area contributed by atoms with E-state index in [1.807, 2.05) is 29.3 Å². The van der Waals surface area contributed by atoms with Gasteiger partial charge < -0.3 is 9.80 Å². The molecule has 3 rings (SSSR count). The Morgan fingerprint density at radius 2 is 2.05 bits per heavy atom. The van der Waals surface area contributed by atoms with E-state index < -0.39 is 0 Å². The Labute approximate surface area is 132 Å². The minimum absolute atomic E-state index is 0.287. The van der Waals surface area contributed by atoms with Gasteiger partial charge in [-0.2, -0.15) is 0 Å². The number of hydrogen-bond acceptors (Lipinski definition) is 4. The molecule has 5 nitrogen and oxygen atoms in total. The lowest BCUT2D eigenvalue weighted by Crippen LogP contribution is -2.52. The maximum atomic E-state index is 12.5. The quantitative estimate of drug-likeness (QED) is 0.847. The van der Waals surface area contributed by atoms with Crippen molar-refractivity contribution in [3.63, 3.8) is 0 Å². The van der Waals surface area contributed by atoms with Gasteiger partial charge in [-0.15, -0.1) is 0 Å². The smallest absolute Gasteiger partial charge is 0.236 e. The summed E-state index contributed by atoms with van der Waals surface area (Å²) in [7, 11) is 0. The van der Waals surface area contributed by atoms with Crippen molar-refractivity contribution in [2.45, 2.75) is 19.8 Å². The molecule has 2 fully saturated rings. The number of likely N-dealkylation sites (tertiary alicyclic amines) is 1. The number of nitrogens with zero attached hydrogens (tertiary/aromatic N) is 4. The number of anilines is 1. The fourth-order valence-electron chi connectivity index (χ4n) is 3.45. The van der Waals surface area contributed by atoms with E-state index in [2.05, 4.69) is 21.7 Å². The minimum atomic E-state index is 0.287. The van der Waals surface area contributed by atoms with Gasteiger partial charge in [0.05, 0.1) is 6.54 Å². The SMILES string of the molecule is CC1CCCN(CC(=O)N2CCN(c3ccccn3)CC2)C1. The highest BCUT2D eigenvalue weighted by Crippen LogP contribution is 2.16. The van der Waals surface area contributed by atoms with Crippen molar-refractivity contribution in [1.29, 1.82) is 0 Å². The van der Waals surface area contributed by atoms with Gasteiger partial charge in [-0.1, -0.05) is 13.0 Å². The van der Waals surface area contributed by atoms with Crippen LogP contribution >= 0.6 is 0 Å². The van der Waals surface area contributed by atoms with Crippen LogP contribution in [0.5, 0.6) is 0 Å². The second-order valence-corrected chi connectivity index (χ2v) is 6.54. The van der Waals surface area contributed by atoms with E-state index in [4.69, 9.17) is 0 Å². The first kappa shape index (κ1) is 15.3. The van der Waals surface area contributed by atoms with Crippen LogP contribution < -0.4 is 4.90 Å². The van der Waals surface area contributed by atoms with Crippen LogP contribution in [0.4, 0.5) is 5.82 Å². The molecule has 3 heterocycles. The summed E-state index contributed by atoms with van der Waals surface area (Å²) in [6.45, 7) is 8.37. The Morgan fingerprint density at radius 3 is 2.73 bits per heavy atom. The molecule has 2 aliphatic heterocycles. The number of amides is 1. The second kappa shape index (κ2) is 7.09. The van der Waals surface area contributed by atoms with Gasteiger partial charge in [0, 0.05) is 38.9 Å². The van der Waals surface area contributed by atoms with E-state index in [1.165, 1.54) is 12.8 Å². The first-order chi connectivity index (χ1) is 10.7. The van der Waals surface area contributed by atoms with E-state index >= 15 is 0 Å². The van der Waals surface area contributed by atoms with Crippen LogP contribution in [-0.4, -0.2) is 66.5 Å². The van der Waals surface area contributed by atoms with Crippen LogP contribution in [0, 0.1) is 5.92 Å². The molecule has 1 aromatic rings. The van der Waals surface area contributed by atoms with Gasteiger partial charge >= 0.3 is 0 Å². The molecule has 0 N–H and O–H groups in total. The number of rotatable bonds is 3. The topological polar surface area (TPSA) is 39.7 Å². The highest BCUT2D eigenvalue weighted by molar-refractivity contribution is 5.78. The van der Waals surface area contributed by atoms with Crippen molar-refractivity contribution in [3.8, 4) is 0 Å². The first-order valence-electron chi connectivity index (χ1n) is 8.38. The molecule has 1 aromatic heterocycles. The summed E-state index contributed by atoms with van der Waals surface area (Å²) in [6, 6.07) is 5.98. The van der Waals surface area contributed by atoms with E-state index in [9.17, 15) is 4.79 Å². The van der Waals surface area contributed by atoms with E-state index in [1.54, 1.807) is 0 Å². The largest absolute Gasteiger partial charge is 0.353 e. The Morgan fingerprint density at radius 1 is 1.23 bits per heavy atom. The molecule has 5 heteroatoms. The van der Waals surface area contributed by atoms with Crippen LogP contribution in [0.15, 0.2) is 24.4 Å². The zero-order chi connectivity index (χ0) is 15.4. The number of carbonyl (C=O) groups is 1. The fraction of sp³-hybridized carbons (Fsp3) is 0.647. The lowest BCUT2D eigenvalue weighted by molar-refractivity contribution is -0.133. The van der Waals surface area contributed by atoms with Crippen molar-refractivity contribution in [2.75, 3.05) is 50.7 Å². The standard InChI is InChI=1S/C17H26N4O/c1-15-5-4-8-19(13-15)14-17(22)21-11-9-20(10-12-21)16-6-2-3-7-18-16/h2-3,6-7,15H,4-5,8-14H2,1H3. The third kappa shape index (κ3) is 3.77. The molecule has 0 aliphatic carbocycles. The van der Waals surface area contributed by atoms with Crippen LogP contribution in [0.3, 0.4) is 0 Å². The van der Waals surface area contributed by atoms with Crippen molar-refractivity contribution in [1.82, 2.24) is 14.8 Å². The Kier molecular flexibility index (Phi) is 4.93. The monoisotopic (exact) mass is 302 g/mol. The number of piperidine rings is 1. The zero-order valence-corrected chi connectivity index (χ0v) is 13.4. The molecule has 0 saturated carbocycles. The maximum absolute atomic E-state index is 12.5. The van der Waals surface area contributed by atoms with Crippen molar-refractivity contribution < 1.29 is 4.79 Å². The molecule has 0 radical (unpaired) electrons. The summed E-state index contributed by atoms with van der Waals surface area (Å²) in [4.78, 5) is 23.4. The third-order valence-corrected chi connectivity index (χ3v) is 4.71. The van der Waals surface area contributed by atoms with Crippen LogP contribution in [0.1, 0.15) is 19.8 Å². The molecular formula is C17H26N4O. The predicted octanol–water partition coefficient (Wildman–Crippen LogP) is 1.46. The van der Waals surface area contributed by atoms with E-state index in [0.29, 0.717) is 6.54 Å². The highest BCUT2D eigenvalue weighted by atomic mass is 16.2. The van der Waals surface area contributed by atoms with Crippen molar-refractivity contribution >= 4 is 11.7 Å². The number of pyridine rings is 1. The summed E-state index contributed by atoms with van der Waals surface area (Å²) >= 11 is 0. The average Bonchev–Trinajstić information content (AvgIpc) is 2.56. The van der Waals surface area contributed by atoms with Gasteiger partial charge in [-0.3, -0.25) is 9.69 Å². The molecule has 2 saturated heterocycles. The van der Waals surface area contributed by atoms with Crippen LogP contribution in [-0.2, 0) is 4.79 Å². The Hall–Kier alpha value is -1.62. The predicted molar refractivity (Wildman–Crippen MR) is 87.9 cm³/mol. The molecule has 0 aromatic carbocycles. The average molecular weight is 302 g/mol. The molecule has 22 heavy (non-hydrogen) atoms. The third-order valence-electron chi connectivity index (χ3n) is 4.71. The summed E-state index contributed by atoms with van der Waals surface area (Å²) < 4.78 is 0. The molecule has 2 aliphatic rings. The summed E-state index contributed by atoms with van der Waals surface area (Å²) in [5.74, 6) is 2.02. The first-order valence-corrected chi connectivity index (χ1v) is 8.38. The highest BCUT2D eigenvalue weighted by Gasteiger charge is 2.25. The van der Waals surface area contributed by atoms with Gasteiger partial charge in [-0.25, -0.2) is 4.98 Å². The molecular weight excluding hydrogens is 276 g/mol. The van der Waals surface area contributed by atoms with Crippen molar-refractivity contribution in [2.24, 2.45) is 5.92 Å². The lowest BCUT2D eigenvalue weighted by Gasteiger charge is -2.37. The van der Waals surface area contributed by atoms with Gasteiger partial charge in [0.15, 0.2) is 0 Å². The summed E-state index contributed by atoms with van der Waals surface area (Å²) in [6.07, 6.45) is 4.35. The van der Waals surface area contributed by atoms with Crippen LogP contribution in [0.2, 0.25) is 0 Å². The molecule has 1 amide bonds. The Balaban J connectivity index is 1.47. The molecule has 120 valence electrons. The molecule has 0 bridgehead atoms. The normalized spacial score (nSPS) is 23.6. The van der Waals surface area contributed by atoms with Gasteiger partial charge in [0.1, 0.15) is 5.82 Å². The number of carbonyl (C=O) groups excluding carboxylic acids is 1. The number of hydrogen-bond donors (Lipinski definition) is 0. The molecule has 1 atom stereocenters. The van der Waals surface area contributed by atoms with Gasteiger partial charge in [0.2, 0.25) is 5.91 Å². The minimum Gasteiger partial charge on any atom is -0.353 e. The van der Waals surface area contributed by atoms with Crippen LogP contribution in [0.25, 0.3) is 0 Å². The van der Waals surface area contributed by atoms with Gasteiger partial charge in [-0.05, 0) is 37.4 Å². The lowest BCUT2D eigenvalue weighted by atomic mass is 10.0. The van der Waals surface area contributed by atoms with Gasteiger partial charge in [0.25, 0.3) is 0 Å². The van der Waals surface area contributed by atoms with Crippen molar-refractivity contribution in [3.05, 3.63) is 24.4 Å². The Bertz CT molecular complexity index is 485. The zero-order valence-electron chi connectivity index (χ0n) is 13.4. The molecule has 1 unspecified atom stereocenters. The summed E-state index contributed by atoms with van der Waals surface area (Å²) in [5.41, 5.74) is 0. The van der Waals surface area contributed by atoms with E-state index in [-0.39, 0.29) is 5.91 Å². The number of piperazine rings is 1. The molecule has 0 spiro atoms. The second-order valence-electron chi connectivity index (χ2n) is 6.54. The number of aromatic nitrogens is 1. The maximum Gasteiger partial charge on any atom is 0.236 e.